The van der Waals surface area contributed by atoms with Crippen LogP contribution in [0.1, 0.15) is 31.6 Å². The second-order valence-corrected chi connectivity index (χ2v) is 5.43. The fraction of sp³-hybridized carbons (Fsp3) is 0.643. The molecule has 1 aliphatic rings. The lowest BCUT2D eigenvalue weighted by atomic mass is 10.2. The van der Waals surface area contributed by atoms with Crippen LogP contribution in [0.3, 0.4) is 0 Å². The van der Waals surface area contributed by atoms with Crippen molar-refractivity contribution in [2.45, 2.75) is 39.4 Å². The van der Waals surface area contributed by atoms with Gasteiger partial charge < -0.3 is 14.4 Å². The van der Waals surface area contributed by atoms with Gasteiger partial charge in [0, 0.05) is 24.5 Å². The topological polar surface area (TPSA) is 38.8 Å². The molecule has 0 spiro atoms. The molecule has 0 aromatic carbocycles. The van der Waals surface area contributed by atoms with Crippen LogP contribution in [0, 0.1) is 0 Å². The Morgan fingerprint density at radius 2 is 2.05 bits per heavy atom. The normalized spacial score (nSPS) is 15.7. The Kier molecular flexibility index (Phi) is 5.36. The second kappa shape index (κ2) is 7.03. The van der Waals surface area contributed by atoms with Gasteiger partial charge in [-0.3, -0.25) is 4.79 Å². The molecule has 0 N–H and O–H groups in total. The minimum absolute atomic E-state index is 0.168. The van der Waals surface area contributed by atoms with Crippen molar-refractivity contribution in [3.05, 3.63) is 16.3 Å². The van der Waals surface area contributed by atoms with E-state index in [9.17, 15) is 4.79 Å². The number of fused-ring (bicyclic) bond motifs is 1. The van der Waals surface area contributed by atoms with Crippen LogP contribution in [-0.2, 0) is 20.7 Å². The van der Waals surface area contributed by atoms with Gasteiger partial charge in [-0.05, 0) is 38.1 Å². The third-order valence-corrected chi connectivity index (χ3v) is 4.11. The predicted octanol–water partition coefficient (Wildman–Crippen LogP) is 2.82. The number of carbonyl (C=O) groups is 1. The van der Waals surface area contributed by atoms with E-state index in [1.165, 1.54) is 4.88 Å². The summed E-state index contributed by atoms with van der Waals surface area (Å²) in [6.07, 6.45) is 2.18. The monoisotopic (exact) mass is 283 g/mol. The molecule has 0 atom stereocenters. The summed E-state index contributed by atoms with van der Waals surface area (Å²) in [5.74, 6) is 0.168. The Bertz CT molecular complexity index is 413. The van der Waals surface area contributed by atoms with E-state index in [0.29, 0.717) is 26.2 Å². The fourth-order valence-electron chi connectivity index (χ4n) is 2.31. The van der Waals surface area contributed by atoms with Crippen molar-refractivity contribution >= 4 is 22.9 Å². The lowest BCUT2D eigenvalue weighted by molar-refractivity contribution is -0.135. The van der Waals surface area contributed by atoms with E-state index in [4.69, 9.17) is 9.47 Å². The average Bonchev–Trinajstić information content (AvgIpc) is 2.79. The van der Waals surface area contributed by atoms with E-state index in [-0.39, 0.29) is 12.2 Å². The molecule has 0 saturated heterocycles. The molecule has 2 heterocycles. The van der Waals surface area contributed by atoms with Crippen LogP contribution < -0.4 is 4.90 Å². The molecule has 106 valence electrons. The van der Waals surface area contributed by atoms with Crippen molar-refractivity contribution in [1.82, 2.24) is 0 Å². The van der Waals surface area contributed by atoms with Crippen molar-refractivity contribution in [3.8, 4) is 0 Å². The van der Waals surface area contributed by atoms with Crippen molar-refractivity contribution in [1.29, 1.82) is 0 Å². The summed E-state index contributed by atoms with van der Waals surface area (Å²) in [6, 6.07) is 2.03. The first kappa shape index (κ1) is 14.5. The van der Waals surface area contributed by atoms with Gasteiger partial charge >= 0.3 is 0 Å². The summed E-state index contributed by atoms with van der Waals surface area (Å²) in [5.41, 5.74) is 1.04. The van der Waals surface area contributed by atoms with Crippen LogP contribution in [0.4, 0.5) is 5.69 Å². The Morgan fingerprint density at radius 1 is 1.32 bits per heavy atom. The number of thiophene rings is 1. The van der Waals surface area contributed by atoms with E-state index in [0.717, 1.165) is 18.5 Å². The summed E-state index contributed by atoms with van der Waals surface area (Å²) in [4.78, 5) is 15.4. The fourth-order valence-corrected chi connectivity index (χ4v) is 3.23. The minimum Gasteiger partial charge on any atom is -0.351 e. The highest BCUT2D eigenvalue weighted by atomic mass is 32.1. The Labute approximate surface area is 118 Å². The first-order valence-corrected chi connectivity index (χ1v) is 7.74. The quantitative estimate of drug-likeness (QED) is 0.754. The lowest BCUT2D eigenvalue weighted by Gasteiger charge is -2.26. The molecule has 0 saturated carbocycles. The van der Waals surface area contributed by atoms with Crippen LogP contribution in [0.25, 0.3) is 0 Å². The molecule has 2 rings (SSSR count). The van der Waals surface area contributed by atoms with E-state index in [1.54, 1.807) is 11.3 Å². The Balaban J connectivity index is 2.14. The number of carbonyl (C=O) groups excluding carboxylic acids is 1. The largest absolute Gasteiger partial charge is 0.351 e. The molecule has 1 aliphatic heterocycles. The number of aryl methyl sites for hydroxylation is 1. The molecule has 1 amide bonds. The number of hydrogen-bond donors (Lipinski definition) is 0. The molecule has 0 fully saturated rings. The Morgan fingerprint density at radius 3 is 2.74 bits per heavy atom. The number of hydrogen-bond acceptors (Lipinski definition) is 4. The molecule has 0 bridgehead atoms. The zero-order chi connectivity index (χ0) is 13.7. The van der Waals surface area contributed by atoms with E-state index < -0.39 is 0 Å². The molecule has 1 aromatic rings. The highest BCUT2D eigenvalue weighted by molar-refractivity contribution is 7.10. The molecular formula is C14H21NO3S. The van der Waals surface area contributed by atoms with E-state index >= 15 is 0 Å². The maximum absolute atomic E-state index is 12.2. The maximum Gasteiger partial charge on any atom is 0.227 e. The summed E-state index contributed by atoms with van der Waals surface area (Å²) in [5, 5.41) is 2.05. The van der Waals surface area contributed by atoms with Crippen molar-refractivity contribution in [2.75, 3.05) is 24.7 Å². The first-order valence-electron chi connectivity index (χ1n) is 6.86. The third kappa shape index (κ3) is 3.55. The van der Waals surface area contributed by atoms with Gasteiger partial charge in [0.15, 0.2) is 6.29 Å². The number of anilines is 1. The summed E-state index contributed by atoms with van der Waals surface area (Å²) in [6.45, 7) is 5.52. The Hall–Kier alpha value is -0.910. The van der Waals surface area contributed by atoms with E-state index in [1.807, 2.05) is 30.2 Å². The van der Waals surface area contributed by atoms with Crippen LogP contribution >= 0.6 is 11.3 Å². The molecule has 19 heavy (non-hydrogen) atoms. The van der Waals surface area contributed by atoms with E-state index in [2.05, 4.69) is 0 Å². The van der Waals surface area contributed by atoms with Crippen LogP contribution in [0.5, 0.6) is 0 Å². The van der Waals surface area contributed by atoms with Gasteiger partial charge in [0.1, 0.15) is 0 Å². The molecular weight excluding hydrogens is 262 g/mol. The summed E-state index contributed by atoms with van der Waals surface area (Å²) in [7, 11) is 0. The molecule has 0 radical (unpaired) electrons. The number of nitrogens with zero attached hydrogens (tertiary/aromatic N) is 1. The molecule has 4 nitrogen and oxygen atoms in total. The van der Waals surface area contributed by atoms with Crippen LogP contribution in [0.2, 0.25) is 0 Å². The highest BCUT2D eigenvalue weighted by Gasteiger charge is 2.26. The predicted molar refractivity (Wildman–Crippen MR) is 76.7 cm³/mol. The van der Waals surface area contributed by atoms with Gasteiger partial charge in [0.25, 0.3) is 0 Å². The van der Waals surface area contributed by atoms with Gasteiger partial charge in [-0.2, -0.15) is 0 Å². The first-order chi connectivity index (χ1) is 9.26. The van der Waals surface area contributed by atoms with Gasteiger partial charge in [-0.25, -0.2) is 0 Å². The molecule has 0 aliphatic carbocycles. The van der Waals surface area contributed by atoms with Crippen molar-refractivity contribution in [3.63, 3.8) is 0 Å². The third-order valence-electron chi connectivity index (χ3n) is 3.14. The smallest absolute Gasteiger partial charge is 0.227 e. The van der Waals surface area contributed by atoms with Gasteiger partial charge in [0.2, 0.25) is 5.91 Å². The SMILES string of the molecule is CCOC(CN1C(=O)CCCc2sccc21)OCC. The minimum atomic E-state index is -0.343. The zero-order valence-corrected chi connectivity index (χ0v) is 12.4. The molecule has 5 heteroatoms. The van der Waals surface area contributed by atoms with Gasteiger partial charge in [0.05, 0.1) is 12.2 Å². The maximum atomic E-state index is 12.2. The summed E-state index contributed by atoms with van der Waals surface area (Å²) >= 11 is 1.72. The average molecular weight is 283 g/mol. The number of amides is 1. The summed E-state index contributed by atoms with van der Waals surface area (Å²) < 4.78 is 11.1. The van der Waals surface area contributed by atoms with Crippen molar-refractivity contribution in [2.24, 2.45) is 0 Å². The van der Waals surface area contributed by atoms with Crippen LogP contribution in [-0.4, -0.2) is 32.0 Å². The number of rotatable bonds is 6. The van der Waals surface area contributed by atoms with Crippen molar-refractivity contribution < 1.29 is 14.3 Å². The standard InChI is InChI=1S/C14H21NO3S/c1-3-17-14(18-4-2)10-15-11-8-9-19-12(11)6-5-7-13(15)16/h8-9,14H,3-7,10H2,1-2H3. The highest BCUT2D eigenvalue weighted by Crippen LogP contribution is 2.31. The molecule has 1 aromatic heterocycles. The van der Waals surface area contributed by atoms with Crippen LogP contribution in [0.15, 0.2) is 11.4 Å². The second-order valence-electron chi connectivity index (χ2n) is 4.43. The van der Waals surface area contributed by atoms with Gasteiger partial charge in [-0.15, -0.1) is 11.3 Å². The number of ether oxygens (including phenoxy) is 2. The zero-order valence-electron chi connectivity index (χ0n) is 11.6. The lowest BCUT2D eigenvalue weighted by Crippen LogP contribution is -2.39. The molecule has 0 unspecified atom stereocenters. The van der Waals surface area contributed by atoms with Gasteiger partial charge in [-0.1, -0.05) is 0 Å².